The van der Waals surface area contributed by atoms with Crippen LogP contribution in [0.4, 0.5) is 0 Å². The van der Waals surface area contributed by atoms with Gasteiger partial charge in [0.2, 0.25) is 5.91 Å². The van der Waals surface area contributed by atoms with E-state index in [4.69, 9.17) is 15.6 Å². The highest BCUT2D eigenvalue weighted by molar-refractivity contribution is 5.81. The van der Waals surface area contributed by atoms with Crippen LogP contribution >= 0.6 is 0 Å². The number of hydrogen-bond donors (Lipinski definition) is 2. The second-order valence-corrected chi connectivity index (χ2v) is 4.51. The van der Waals surface area contributed by atoms with E-state index in [1.807, 2.05) is 11.8 Å². The van der Waals surface area contributed by atoms with Crippen LogP contribution in [0, 0.1) is 0 Å². The van der Waals surface area contributed by atoms with Gasteiger partial charge in [0, 0.05) is 13.1 Å². The van der Waals surface area contributed by atoms with Gasteiger partial charge in [0.25, 0.3) is 0 Å². The van der Waals surface area contributed by atoms with E-state index in [9.17, 15) is 4.79 Å². The fourth-order valence-electron chi connectivity index (χ4n) is 2.13. The van der Waals surface area contributed by atoms with Gasteiger partial charge < -0.3 is 20.5 Å². The lowest BCUT2D eigenvalue weighted by Gasteiger charge is -2.33. The molecular formula is C12H24N2O3. The Morgan fingerprint density at radius 1 is 1.53 bits per heavy atom. The maximum Gasteiger partial charge on any atom is 0.239 e. The SMILES string of the molecule is CCC[C@@H](N)C(=O)N1CCC(OCCO)CC1. The number of nitrogens with zero attached hydrogens (tertiary/aromatic N) is 1. The number of piperidine rings is 1. The van der Waals surface area contributed by atoms with Crippen LogP contribution in [0.25, 0.3) is 0 Å². The van der Waals surface area contributed by atoms with Crippen molar-refractivity contribution in [3.05, 3.63) is 0 Å². The fraction of sp³-hybridized carbons (Fsp3) is 0.917. The van der Waals surface area contributed by atoms with E-state index in [2.05, 4.69) is 0 Å². The molecule has 1 aliphatic rings. The Hall–Kier alpha value is -0.650. The van der Waals surface area contributed by atoms with Crippen molar-refractivity contribution in [3.63, 3.8) is 0 Å². The van der Waals surface area contributed by atoms with Crippen molar-refractivity contribution in [2.75, 3.05) is 26.3 Å². The van der Waals surface area contributed by atoms with Crippen molar-refractivity contribution in [2.24, 2.45) is 5.73 Å². The van der Waals surface area contributed by atoms with E-state index < -0.39 is 0 Å². The van der Waals surface area contributed by atoms with Crippen molar-refractivity contribution in [1.29, 1.82) is 0 Å². The molecule has 5 nitrogen and oxygen atoms in total. The number of carbonyl (C=O) groups is 1. The minimum Gasteiger partial charge on any atom is -0.394 e. The summed E-state index contributed by atoms with van der Waals surface area (Å²) >= 11 is 0. The van der Waals surface area contributed by atoms with Gasteiger partial charge in [0.15, 0.2) is 0 Å². The normalized spacial score (nSPS) is 19.4. The Labute approximate surface area is 103 Å². The third-order valence-corrected chi connectivity index (χ3v) is 3.12. The van der Waals surface area contributed by atoms with Crippen molar-refractivity contribution >= 4 is 5.91 Å². The molecule has 0 aromatic carbocycles. The first-order chi connectivity index (χ1) is 8.19. The highest BCUT2D eigenvalue weighted by atomic mass is 16.5. The summed E-state index contributed by atoms with van der Waals surface area (Å²) in [5.41, 5.74) is 5.82. The molecule has 1 heterocycles. The minimum absolute atomic E-state index is 0.0561. The molecule has 0 aromatic rings. The molecule has 17 heavy (non-hydrogen) atoms. The Balaban J connectivity index is 2.28. The van der Waals surface area contributed by atoms with Crippen LogP contribution in [0.2, 0.25) is 0 Å². The standard InChI is InChI=1S/C12H24N2O3/c1-2-3-11(13)12(16)14-6-4-10(5-7-14)17-9-8-15/h10-11,15H,2-9,13H2,1H3/t11-/m1/s1. The molecule has 1 aliphatic heterocycles. The van der Waals surface area contributed by atoms with Crippen LogP contribution in [0.15, 0.2) is 0 Å². The quantitative estimate of drug-likeness (QED) is 0.695. The lowest BCUT2D eigenvalue weighted by Crippen LogP contribution is -2.48. The zero-order chi connectivity index (χ0) is 12.7. The van der Waals surface area contributed by atoms with Crippen LogP contribution < -0.4 is 5.73 Å². The average molecular weight is 244 g/mol. The van der Waals surface area contributed by atoms with E-state index in [0.29, 0.717) is 19.7 Å². The fourth-order valence-corrected chi connectivity index (χ4v) is 2.13. The van der Waals surface area contributed by atoms with Crippen molar-refractivity contribution in [2.45, 2.75) is 44.8 Å². The van der Waals surface area contributed by atoms with E-state index >= 15 is 0 Å². The summed E-state index contributed by atoms with van der Waals surface area (Å²) in [5, 5.41) is 8.66. The molecule has 1 saturated heterocycles. The molecule has 5 heteroatoms. The molecule has 100 valence electrons. The molecular weight excluding hydrogens is 220 g/mol. The van der Waals surface area contributed by atoms with Gasteiger partial charge in [-0.1, -0.05) is 13.3 Å². The Bertz CT molecular complexity index is 228. The summed E-state index contributed by atoms with van der Waals surface area (Å²) in [6, 6.07) is -0.352. The summed E-state index contributed by atoms with van der Waals surface area (Å²) in [5.74, 6) is 0.0625. The molecule has 0 spiro atoms. The molecule has 1 fully saturated rings. The van der Waals surface area contributed by atoms with Crippen LogP contribution in [0.5, 0.6) is 0 Å². The van der Waals surface area contributed by atoms with Gasteiger partial charge in [-0.25, -0.2) is 0 Å². The molecule has 1 amide bonds. The minimum atomic E-state index is -0.352. The van der Waals surface area contributed by atoms with E-state index in [-0.39, 0.29) is 24.7 Å². The number of likely N-dealkylation sites (tertiary alicyclic amines) is 1. The number of aliphatic hydroxyl groups is 1. The van der Waals surface area contributed by atoms with Crippen LogP contribution in [-0.2, 0) is 9.53 Å². The zero-order valence-corrected chi connectivity index (χ0v) is 10.6. The Morgan fingerprint density at radius 2 is 2.18 bits per heavy atom. The second kappa shape index (κ2) is 7.63. The van der Waals surface area contributed by atoms with Gasteiger partial charge in [-0.3, -0.25) is 4.79 Å². The molecule has 1 rings (SSSR count). The van der Waals surface area contributed by atoms with Gasteiger partial charge in [0.05, 0.1) is 25.4 Å². The topological polar surface area (TPSA) is 75.8 Å². The summed E-state index contributed by atoms with van der Waals surface area (Å²) in [7, 11) is 0. The van der Waals surface area contributed by atoms with Crippen LogP contribution in [0.1, 0.15) is 32.6 Å². The summed E-state index contributed by atoms with van der Waals surface area (Å²) in [4.78, 5) is 13.8. The predicted octanol–water partition coefficient (Wildman–Crippen LogP) is 0.114. The lowest BCUT2D eigenvalue weighted by atomic mass is 10.1. The van der Waals surface area contributed by atoms with Crippen LogP contribution in [0.3, 0.4) is 0 Å². The number of amides is 1. The maximum atomic E-state index is 11.9. The largest absolute Gasteiger partial charge is 0.394 e. The van der Waals surface area contributed by atoms with Crippen LogP contribution in [-0.4, -0.2) is 54.4 Å². The summed E-state index contributed by atoms with van der Waals surface area (Å²) < 4.78 is 5.45. The molecule has 3 N–H and O–H groups in total. The Morgan fingerprint density at radius 3 is 2.71 bits per heavy atom. The molecule has 1 atom stereocenters. The van der Waals surface area contributed by atoms with Crippen molar-refractivity contribution < 1.29 is 14.6 Å². The number of nitrogens with two attached hydrogens (primary N) is 1. The van der Waals surface area contributed by atoms with Crippen molar-refractivity contribution in [3.8, 4) is 0 Å². The summed E-state index contributed by atoms with van der Waals surface area (Å²) in [6.07, 6.45) is 3.53. The first kappa shape index (κ1) is 14.4. The van der Waals surface area contributed by atoms with E-state index in [1.165, 1.54) is 0 Å². The maximum absolute atomic E-state index is 11.9. The first-order valence-electron chi connectivity index (χ1n) is 6.45. The zero-order valence-electron chi connectivity index (χ0n) is 10.6. The highest BCUT2D eigenvalue weighted by Crippen LogP contribution is 2.14. The smallest absolute Gasteiger partial charge is 0.239 e. The van der Waals surface area contributed by atoms with Crippen molar-refractivity contribution in [1.82, 2.24) is 4.90 Å². The van der Waals surface area contributed by atoms with Gasteiger partial charge in [-0.05, 0) is 19.3 Å². The van der Waals surface area contributed by atoms with Gasteiger partial charge in [0.1, 0.15) is 0 Å². The third-order valence-electron chi connectivity index (χ3n) is 3.12. The molecule has 0 radical (unpaired) electrons. The first-order valence-corrected chi connectivity index (χ1v) is 6.45. The highest BCUT2D eigenvalue weighted by Gasteiger charge is 2.25. The molecule has 0 bridgehead atoms. The van der Waals surface area contributed by atoms with Gasteiger partial charge in [-0.2, -0.15) is 0 Å². The molecule has 0 saturated carbocycles. The monoisotopic (exact) mass is 244 g/mol. The number of carbonyl (C=O) groups excluding carboxylic acids is 1. The third kappa shape index (κ3) is 4.61. The van der Waals surface area contributed by atoms with E-state index in [0.717, 1.165) is 25.7 Å². The summed E-state index contributed by atoms with van der Waals surface area (Å²) in [6.45, 7) is 3.90. The predicted molar refractivity (Wildman–Crippen MR) is 65.5 cm³/mol. The number of ether oxygens (including phenoxy) is 1. The second-order valence-electron chi connectivity index (χ2n) is 4.51. The average Bonchev–Trinajstić information content (AvgIpc) is 2.36. The van der Waals surface area contributed by atoms with E-state index in [1.54, 1.807) is 0 Å². The Kier molecular flexibility index (Phi) is 6.47. The lowest BCUT2D eigenvalue weighted by molar-refractivity contribution is -0.135. The molecule has 0 unspecified atom stereocenters. The van der Waals surface area contributed by atoms with Gasteiger partial charge >= 0.3 is 0 Å². The number of aliphatic hydroxyl groups excluding tert-OH is 1. The van der Waals surface area contributed by atoms with Gasteiger partial charge in [-0.15, -0.1) is 0 Å². The molecule has 0 aliphatic carbocycles. The number of rotatable bonds is 6. The molecule has 0 aromatic heterocycles. The number of hydrogen-bond acceptors (Lipinski definition) is 4.